The van der Waals surface area contributed by atoms with Gasteiger partial charge in [-0.05, 0) is 31.4 Å². The molecule has 3 nitrogen and oxygen atoms in total. The number of nitrogens with one attached hydrogen (secondary N) is 1. The topological polar surface area (TPSA) is 34.1 Å². The van der Waals surface area contributed by atoms with Crippen molar-refractivity contribution in [2.24, 2.45) is 0 Å². The van der Waals surface area contributed by atoms with Crippen molar-refractivity contribution in [2.45, 2.75) is 24.9 Å². The van der Waals surface area contributed by atoms with Crippen LogP contribution in [0.25, 0.3) is 10.9 Å². The number of hydrogen-bond donors (Lipinski definition) is 1. The van der Waals surface area contributed by atoms with Crippen LogP contribution in [0.2, 0.25) is 0 Å². The maximum atomic E-state index is 5.63. The Kier molecular flexibility index (Phi) is 2.92. The molecular formula is C15H18N2O. The fourth-order valence-electron chi connectivity index (χ4n) is 2.53. The van der Waals surface area contributed by atoms with Gasteiger partial charge in [0.2, 0.25) is 0 Å². The molecule has 1 aliphatic carbocycles. The number of aromatic nitrogens is 1. The lowest BCUT2D eigenvalue weighted by Gasteiger charge is -2.40. The van der Waals surface area contributed by atoms with Gasteiger partial charge in [-0.25, -0.2) is 0 Å². The Balaban J connectivity index is 1.82. The third kappa shape index (κ3) is 1.95. The second-order valence-electron chi connectivity index (χ2n) is 4.97. The maximum absolute atomic E-state index is 5.63. The maximum Gasteiger partial charge on any atom is 0.0850 e. The first-order valence-electron chi connectivity index (χ1n) is 6.46. The largest absolute Gasteiger partial charge is 0.382 e. The van der Waals surface area contributed by atoms with Crippen LogP contribution in [0.15, 0.2) is 36.5 Å². The molecule has 0 spiro atoms. The van der Waals surface area contributed by atoms with E-state index in [4.69, 9.17) is 4.74 Å². The summed E-state index contributed by atoms with van der Waals surface area (Å²) in [5.41, 5.74) is 2.22. The summed E-state index contributed by atoms with van der Waals surface area (Å²) in [7, 11) is 1.81. The minimum Gasteiger partial charge on any atom is -0.382 e. The minimum atomic E-state index is 0.0460. The SMILES string of the molecule is COC1(CNc2ccnc3ccccc23)CCC1. The zero-order chi connectivity index (χ0) is 12.4. The summed E-state index contributed by atoms with van der Waals surface area (Å²) in [6, 6.07) is 10.2. The molecule has 0 amide bonds. The first-order valence-corrected chi connectivity index (χ1v) is 6.46. The highest BCUT2D eigenvalue weighted by atomic mass is 16.5. The average Bonchev–Trinajstić information content (AvgIpc) is 2.38. The number of benzene rings is 1. The summed E-state index contributed by atoms with van der Waals surface area (Å²) in [4.78, 5) is 4.37. The van der Waals surface area contributed by atoms with Gasteiger partial charge in [0, 0.05) is 30.9 Å². The molecule has 0 radical (unpaired) electrons. The fourth-order valence-corrected chi connectivity index (χ4v) is 2.53. The van der Waals surface area contributed by atoms with Crippen LogP contribution in [0.1, 0.15) is 19.3 Å². The number of nitrogens with zero attached hydrogens (tertiary/aromatic N) is 1. The second-order valence-corrected chi connectivity index (χ2v) is 4.97. The monoisotopic (exact) mass is 242 g/mol. The van der Waals surface area contributed by atoms with Crippen molar-refractivity contribution in [3.05, 3.63) is 36.5 Å². The van der Waals surface area contributed by atoms with Crippen LogP contribution >= 0.6 is 0 Å². The number of fused-ring (bicyclic) bond motifs is 1. The minimum absolute atomic E-state index is 0.0460. The van der Waals surface area contributed by atoms with Crippen molar-refractivity contribution in [2.75, 3.05) is 19.0 Å². The van der Waals surface area contributed by atoms with Crippen molar-refractivity contribution >= 4 is 16.6 Å². The Morgan fingerprint density at radius 2 is 2.11 bits per heavy atom. The van der Waals surface area contributed by atoms with Gasteiger partial charge < -0.3 is 10.1 Å². The van der Waals surface area contributed by atoms with Crippen LogP contribution in [0, 0.1) is 0 Å². The molecule has 1 aliphatic rings. The molecule has 1 aromatic carbocycles. The average molecular weight is 242 g/mol. The van der Waals surface area contributed by atoms with E-state index >= 15 is 0 Å². The first kappa shape index (κ1) is 11.5. The lowest BCUT2D eigenvalue weighted by atomic mass is 9.80. The Bertz CT molecular complexity index is 538. The molecule has 2 aromatic rings. The van der Waals surface area contributed by atoms with Gasteiger partial charge in [0.15, 0.2) is 0 Å². The highest BCUT2D eigenvalue weighted by Gasteiger charge is 2.36. The van der Waals surface area contributed by atoms with Gasteiger partial charge in [0.25, 0.3) is 0 Å². The van der Waals surface area contributed by atoms with Crippen LogP contribution in [0.3, 0.4) is 0 Å². The summed E-state index contributed by atoms with van der Waals surface area (Å²) in [5.74, 6) is 0. The van der Waals surface area contributed by atoms with E-state index in [2.05, 4.69) is 16.4 Å². The summed E-state index contributed by atoms with van der Waals surface area (Å²) in [5, 5.41) is 4.69. The molecule has 1 saturated carbocycles. The lowest BCUT2D eigenvalue weighted by molar-refractivity contribution is -0.0601. The smallest absolute Gasteiger partial charge is 0.0850 e. The van der Waals surface area contributed by atoms with Crippen molar-refractivity contribution < 1.29 is 4.74 Å². The summed E-state index contributed by atoms with van der Waals surface area (Å²) < 4.78 is 5.63. The standard InChI is InChI=1S/C15H18N2O/c1-18-15(8-4-9-15)11-17-14-7-10-16-13-6-3-2-5-12(13)14/h2-3,5-7,10H,4,8-9,11H2,1H3,(H,16,17). The van der Waals surface area contributed by atoms with Crippen molar-refractivity contribution in [3.63, 3.8) is 0 Å². The third-order valence-electron chi connectivity index (χ3n) is 3.95. The number of para-hydroxylation sites is 1. The predicted octanol–water partition coefficient (Wildman–Crippen LogP) is 3.22. The lowest BCUT2D eigenvalue weighted by Crippen LogP contribution is -2.45. The van der Waals surface area contributed by atoms with Crippen molar-refractivity contribution in [1.29, 1.82) is 0 Å². The summed E-state index contributed by atoms with van der Waals surface area (Å²) >= 11 is 0. The first-order chi connectivity index (χ1) is 8.83. The molecule has 1 aromatic heterocycles. The van der Waals surface area contributed by atoms with Gasteiger partial charge in [-0.15, -0.1) is 0 Å². The molecule has 0 aliphatic heterocycles. The van der Waals surface area contributed by atoms with E-state index in [1.165, 1.54) is 11.8 Å². The Labute approximate surface area is 107 Å². The molecule has 0 saturated heterocycles. The second kappa shape index (κ2) is 4.58. The molecule has 3 heteroatoms. The Morgan fingerprint density at radius 1 is 1.28 bits per heavy atom. The zero-order valence-corrected chi connectivity index (χ0v) is 10.6. The molecule has 1 heterocycles. The van der Waals surface area contributed by atoms with E-state index in [1.54, 1.807) is 0 Å². The van der Waals surface area contributed by atoms with Gasteiger partial charge in [-0.1, -0.05) is 18.2 Å². The number of pyridine rings is 1. The Morgan fingerprint density at radius 3 is 2.83 bits per heavy atom. The van der Waals surface area contributed by atoms with E-state index in [1.807, 2.05) is 37.6 Å². The van der Waals surface area contributed by atoms with Crippen molar-refractivity contribution in [1.82, 2.24) is 4.98 Å². The molecular weight excluding hydrogens is 224 g/mol. The molecule has 18 heavy (non-hydrogen) atoms. The fraction of sp³-hybridized carbons (Fsp3) is 0.400. The number of anilines is 1. The number of hydrogen-bond acceptors (Lipinski definition) is 3. The molecule has 94 valence electrons. The summed E-state index contributed by atoms with van der Waals surface area (Å²) in [6.07, 6.45) is 5.43. The molecule has 3 rings (SSSR count). The molecule has 0 bridgehead atoms. The highest BCUT2D eigenvalue weighted by Crippen LogP contribution is 2.35. The van der Waals surface area contributed by atoms with Gasteiger partial charge in [0.1, 0.15) is 0 Å². The van der Waals surface area contributed by atoms with Crippen LogP contribution in [-0.2, 0) is 4.74 Å². The molecule has 1 N–H and O–H groups in total. The van der Waals surface area contributed by atoms with E-state index in [0.717, 1.165) is 30.6 Å². The quantitative estimate of drug-likeness (QED) is 0.894. The molecule has 0 unspecified atom stereocenters. The normalized spacial score (nSPS) is 17.4. The Hall–Kier alpha value is -1.61. The predicted molar refractivity (Wildman–Crippen MR) is 73.8 cm³/mol. The van der Waals surface area contributed by atoms with E-state index in [0.29, 0.717) is 0 Å². The zero-order valence-electron chi connectivity index (χ0n) is 10.6. The third-order valence-corrected chi connectivity index (χ3v) is 3.95. The summed E-state index contributed by atoms with van der Waals surface area (Å²) in [6.45, 7) is 0.873. The van der Waals surface area contributed by atoms with Crippen LogP contribution in [0.5, 0.6) is 0 Å². The van der Waals surface area contributed by atoms with E-state index < -0.39 is 0 Å². The number of rotatable bonds is 4. The van der Waals surface area contributed by atoms with Crippen LogP contribution in [0.4, 0.5) is 5.69 Å². The van der Waals surface area contributed by atoms with Gasteiger partial charge in [0.05, 0.1) is 11.1 Å². The number of methoxy groups -OCH3 is 1. The molecule has 0 atom stereocenters. The van der Waals surface area contributed by atoms with Crippen LogP contribution in [-0.4, -0.2) is 24.2 Å². The van der Waals surface area contributed by atoms with Crippen LogP contribution < -0.4 is 5.32 Å². The molecule has 1 fully saturated rings. The van der Waals surface area contributed by atoms with Gasteiger partial charge >= 0.3 is 0 Å². The number of ether oxygens (including phenoxy) is 1. The van der Waals surface area contributed by atoms with Gasteiger partial charge in [-0.2, -0.15) is 0 Å². The van der Waals surface area contributed by atoms with Crippen molar-refractivity contribution in [3.8, 4) is 0 Å². The van der Waals surface area contributed by atoms with E-state index in [-0.39, 0.29) is 5.60 Å². The highest BCUT2D eigenvalue weighted by molar-refractivity contribution is 5.90. The van der Waals surface area contributed by atoms with Gasteiger partial charge in [-0.3, -0.25) is 4.98 Å². The van der Waals surface area contributed by atoms with E-state index in [9.17, 15) is 0 Å².